The third-order valence-corrected chi connectivity index (χ3v) is 3.44. The van der Waals surface area contributed by atoms with Gasteiger partial charge in [0.1, 0.15) is 11.3 Å². The zero-order valence-electron chi connectivity index (χ0n) is 12.0. The Morgan fingerprint density at radius 2 is 2.17 bits per heavy atom. The van der Waals surface area contributed by atoms with E-state index in [1.54, 1.807) is 25.1 Å². The summed E-state index contributed by atoms with van der Waals surface area (Å²) in [6, 6.07) is 4.95. The van der Waals surface area contributed by atoms with Crippen LogP contribution in [0.5, 0.6) is 0 Å². The van der Waals surface area contributed by atoms with Crippen LogP contribution in [0.15, 0.2) is 28.9 Å². The number of nitrogens with two attached hydrogens (primary N) is 1. The Labute approximate surface area is 145 Å². The molecule has 23 heavy (non-hydrogen) atoms. The van der Waals surface area contributed by atoms with Gasteiger partial charge in [0.15, 0.2) is 6.61 Å². The van der Waals surface area contributed by atoms with E-state index in [2.05, 4.69) is 32.9 Å². The average Bonchev–Trinajstić information content (AvgIpc) is 2.91. The summed E-state index contributed by atoms with van der Waals surface area (Å²) in [4.78, 5) is 23.8. The zero-order chi connectivity index (χ0) is 17.0. The number of benzene rings is 1. The molecule has 0 atom stereocenters. The normalized spacial score (nSPS) is 9.87. The fraction of sp³-hybridized carbons (Fsp3) is 0.133. The van der Waals surface area contributed by atoms with Crippen molar-refractivity contribution in [2.45, 2.75) is 6.92 Å². The minimum absolute atomic E-state index is 0.0356. The van der Waals surface area contributed by atoms with Gasteiger partial charge in [0.05, 0.1) is 11.9 Å². The topological polar surface area (TPSA) is 87.2 Å². The lowest BCUT2D eigenvalue weighted by molar-refractivity contribution is 0.0553. The van der Waals surface area contributed by atoms with Gasteiger partial charge in [0, 0.05) is 9.50 Å². The van der Waals surface area contributed by atoms with Gasteiger partial charge < -0.3 is 10.5 Å². The number of hydrogen-bond acceptors (Lipinski definition) is 4. The standard InChI is InChI=1S/C15H11BrClN3O3/c1-2-3-4-23-15(22)12-8-19-20(13(12)14(18)21)11-6-9(16)5-10(17)7-11/h5-8H,4H2,1H3,(H2,18,21). The Hall–Kier alpha value is -2.30. The summed E-state index contributed by atoms with van der Waals surface area (Å²) >= 11 is 9.29. The first-order valence-corrected chi connectivity index (χ1v) is 7.52. The zero-order valence-corrected chi connectivity index (χ0v) is 14.3. The maximum Gasteiger partial charge on any atom is 0.343 e. The first-order chi connectivity index (χ1) is 10.9. The minimum atomic E-state index is -0.813. The molecule has 118 valence electrons. The predicted molar refractivity (Wildman–Crippen MR) is 88.5 cm³/mol. The molecule has 0 saturated carbocycles. The first kappa shape index (κ1) is 17.1. The molecule has 2 N–H and O–H groups in total. The van der Waals surface area contributed by atoms with Crippen LogP contribution in [0.4, 0.5) is 0 Å². The Balaban J connectivity index is 2.47. The van der Waals surface area contributed by atoms with Crippen molar-refractivity contribution in [1.29, 1.82) is 0 Å². The largest absolute Gasteiger partial charge is 0.449 e. The predicted octanol–water partition coefficient (Wildman–Crippen LogP) is 2.57. The second-order valence-electron chi connectivity index (χ2n) is 4.31. The monoisotopic (exact) mass is 395 g/mol. The van der Waals surface area contributed by atoms with E-state index in [4.69, 9.17) is 22.1 Å². The summed E-state index contributed by atoms with van der Waals surface area (Å²) in [5, 5.41) is 4.47. The number of primary amides is 1. The van der Waals surface area contributed by atoms with Gasteiger partial charge in [-0.05, 0) is 25.1 Å². The van der Waals surface area contributed by atoms with Crippen LogP contribution in [-0.2, 0) is 4.74 Å². The first-order valence-electron chi connectivity index (χ1n) is 6.35. The van der Waals surface area contributed by atoms with Gasteiger partial charge in [-0.1, -0.05) is 33.5 Å². The minimum Gasteiger partial charge on any atom is -0.449 e. The smallest absolute Gasteiger partial charge is 0.343 e. The molecule has 8 heteroatoms. The number of hydrogen-bond donors (Lipinski definition) is 1. The number of carbonyl (C=O) groups is 2. The molecule has 2 rings (SSSR count). The lowest BCUT2D eigenvalue weighted by Gasteiger charge is -2.07. The molecule has 0 saturated heterocycles. The van der Waals surface area contributed by atoms with Crippen molar-refractivity contribution in [2.24, 2.45) is 5.73 Å². The van der Waals surface area contributed by atoms with E-state index < -0.39 is 11.9 Å². The number of amides is 1. The van der Waals surface area contributed by atoms with E-state index in [9.17, 15) is 9.59 Å². The fourth-order valence-electron chi connectivity index (χ4n) is 1.84. The van der Waals surface area contributed by atoms with Gasteiger partial charge in [0.2, 0.25) is 0 Å². The molecule has 6 nitrogen and oxygen atoms in total. The molecule has 1 aromatic heterocycles. The van der Waals surface area contributed by atoms with E-state index in [1.807, 2.05) is 0 Å². The number of halogens is 2. The number of rotatable bonds is 4. The number of ether oxygens (including phenoxy) is 1. The molecule has 0 fully saturated rings. The Kier molecular flexibility index (Phi) is 5.42. The summed E-state index contributed by atoms with van der Waals surface area (Å²) in [5.41, 5.74) is 5.74. The van der Waals surface area contributed by atoms with Gasteiger partial charge in [-0.15, -0.1) is 5.92 Å². The summed E-state index contributed by atoms with van der Waals surface area (Å²) in [7, 11) is 0. The highest BCUT2D eigenvalue weighted by Crippen LogP contribution is 2.24. The van der Waals surface area contributed by atoms with Crippen molar-refractivity contribution < 1.29 is 14.3 Å². The van der Waals surface area contributed by atoms with Gasteiger partial charge in [-0.25, -0.2) is 9.48 Å². The second-order valence-corrected chi connectivity index (χ2v) is 5.67. The van der Waals surface area contributed by atoms with Crippen molar-refractivity contribution in [2.75, 3.05) is 6.61 Å². The van der Waals surface area contributed by atoms with Gasteiger partial charge in [-0.2, -0.15) is 5.10 Å². The number of esters is 1. The lowest BCUT2D eigenvalue weighted by atomic mass is 10.2. The average molecular weight is 397 g/mol. The molecular weight excluding hydrogens is 386 g/mol. The molecular formula is C15H11BrClN3O3. The maximum atomic E-state index is 12.0. The molecule has 0 radical (unpaired) electrons. The molecule has 0 unspecified atom stereocenters. The molecule has 2 aromatic rings. The molecule has 0 aliphatic heterocycles. The van der Waals surface area contributed by atoms with Crippen LogP contribution in [0, 0.1) is 11.8 Å². The van der Waals surface area contributed by atoms with Crippen molar-refractivity contribution in [3.63, 3.8) is 0 Å². The quantitative estimate of drug-likeness (QED) is 0.635. The van der Waals surface area contributed by atoms with Crippen molar-refractivity contribution in [3.05, 3.63) is 45.1 Å². The summed E-state index contributed by atoms with van der Waals surface area (Å²) in [6.45, 7) is 1.54. The van der Waals surface area contributed by atoms with Crippen LogP contribution in [0.1, 0.15) is 27.8 Å². The van der Waals surface area contributed by atoms with Crippen molar-refractivity contribution in [3.8, 4) is 17.5 Å². The highest BCUT2D eigenvalue weighted by Gasteiger charge is 2.23. The van der Waals surface area contributed by atoms with Crippen LogP contribution in [-0.4, -0.2) is 28.3 Å². The van der Waals surface area contributed by atoms with Gasteiger partial charge in [0.25, 0.3) is 5.91 Å². The van der Waals surface area contributed by atoms with E-state index >= 15 is 0 Å². The second kappa shape index (κ2) is 7.31. The molecule has 0 aliphatic rings. The number of aromatic nitrogens is 2. The summed E-state index contributed by atoms with van der Waals surface area (Å²) < 4.78 is 6.87. The number of carbonyl (C=O) groups excluding carboxylic acids is 2. The Morgan fingerprint density at radius 1 is 1.43 bits per heavy atom. The van der Waals surface area contributed by atoms with Crippen LogP contribution in [0.3, 0.4) is 0 Å². The third kappa shape index (κ3) is 3.92. The fourth-order valence-corrected chi connectivity index (χ4v) is 2.69. The van der Waals surface area contributed by atoms with Crippen LogP contribution >= 0.6 is 27.5 Å². The van der Waals surface area contributed by atoms with Crippen LogP contribution in [0.25, 0.3) is 5.69 Å². The molecule has 0 aliphatic carbocycles. The SMILES string of the molecule is CC#CCOC(=O)c1cnn(-c2cc(Cl)cc(Br)c2)c1C(N)=O. The molecule has 0 spiro atoms. The summed E-state index contributed by atoms with van der Waals surface area (Å²) in [6.07, 6.45) is 1.22. The van der Waals surface area contributed by atoms with Crippen LogP contribution < -0.4 is 5.73 Å². The lowest BCUT2D eigenvalue weighted by Crippen LogP contribution is -2.21. The Bertz CT molecular complexity index is 816. The van der Waals surface area contributed by atoms with Crippen LogP contribution in [0.2, 0.25) is 5.02 Å². The highest BCUT2D eigenvalue weighted by atomic mass is 79.9. The molecule has 0 bridgehead atoms. The van der Waals surface area contributed by atoms with E-state index in [-0.39, 0.29) is 17.9 Å². The number of nitrogens with zero attached hydrogens (tertiary/aromatic N) is 2. The third-order valence-electron chi connectivity index (χ3n) is 2.77. The summed E-state index contributed by atoms with van der Waals surface area (Å²) in [5.74, 6) is 3.65. The van der Waals surface area contributed by atoms with Crippen molar-refractivity contribution >= 4 is 39.4 Å². The highest BCUT2D eigenvalue weighted by molar-refractivity contribution is 9.10. The molecule has 1 amide bonds. The van der Waals surface area contributed by atoms with E-state index in [0.717, 1.165) is 0 Å². The van der Waals surface area contributed by atoms with E-state index in [1.165, 1.54) is 10.9 Å². The molecule has 1 aromatic carbocycles. The van der Waals surface area contributed by atoms with E-state index in [0.29, 0.717) is 15.2 Å². The van der Waals surface area contributed by atoms with Crippen molar-refractivity contribution in [1.82, 2.24) is 9.78 Å². The maximum absolute atomic E-state index is 12.0. The molecule has 1 heterocycles. The van der Waals surface area contributed by atoms with Gasteiger partial charge >= 0.3 is 5.97 Å². The van der Waals surface area contributed by atoms with Gasteiger partial charge in [-0.3, -0.25) is 4.79 Å². The Morgan fingerprint density at radius 3 is 2.78 bits per heavy atom.